The van der Waals surface area contributed by atoms with E-state index in [2.05, 4.69) is 16.5 Å². The molecule has 0 radical (unpaired) electrons. The Morgan fingerprint density at radius 1 is 1.47 bits per heavy atom. The molecular weight excluding hydrogens is 257 g/mol. The topological polar surface area (TPSA) is 53.6 Å². The number of hydrogen-bond donors (Lipinski definition) is 1. The van der Waals surface area contributed by atoms with Crippen LogP contribution in [-0.2, 0) is 12.7 Å². The Kier molecular flexibility index (Phi) is 4.58. The lowest BCUT2D eigenvalue weighted by molar-refractivity contribution is -0.141. The third-order valence-corrected chi connectivity index (χ3v) is 2.63. The molecule has 0 aliphatic carbocycles. The van der Waals surface area contributed by atoms with Crippen LogP contribution in [0.25, 0.3) is 0 Å². The average Bonchev–Trinajstić information content (AvgIpc) is 2.74. The van der Waals surface area contributed by atoms with Crippen molar-refractivity contribution in [2.24, 2.45) is 0 Å². The van der Waals surface area contributed by atoms with Crippen LogP contribution in [0.5, 0.6) is 0 Å². The van der Waals surface area contributed by atoms with E-state index < -0.39 is 17.4 Å². The van der Waals surface area contributed by atoms with Crippen LogP contribution in [0, 0.1) is 11.3 Å². The van der Waals surface area contributed by atoms with Gasteiger partial charge in [0.05, 0.1) is 6.07 Å². The van der Waals surface area contributed by atoms with Gasteiger partial charge in [-0.2, -0.15) is 23.5 Å². The summed E-state index contributed by atoms with van der Waals surface area (Å²) in [5.41, 5.74) is -1.69. The van der Waals surface area contributed by atoms with Crippen LogP contribution in [0.2, 0.25) is 0 Å². The molecular formula is C12H17F3N4. The SMILES string of the molecule is CC(C)NC(C)(C#N)CCn1ccc(C(F)(F)F)n1. The Morgan fingerprint density at radius 2 is 2.11 bits per heavy atom. The van der Waals surface area contributed by atoms with Crippen molar-refractivity contribution < 1.29 is 13.2 Å². The zero-order valence-electron chi connectivity index (χ0n) is 11.1. The lowest BCUT2D eigenvalue weighted by atomic mass is 9.99. The first-order valence-corrected chi connectivity index (χ1v) is 5.96. The van der Waals surface area contributed by atoms with Gasteiger partial charge >= 0.3 is 6.18 Å². The molecule has 7 heteroatoms. The average molecular weight is 274 g/mol. The van der Waals surface area contributed by atoms with Crippen molar-refractivity contribution in [3.8, 4) is 6.07 Å². The number of aromatic nitrogens is 2. The fourth-order valence-electron chi connectivity index (χ4n) is 1.77. The summed E-state index contributed by atoms with van der Waals surface area (Å²) >= 11 is 0. The predicted octanol–water partition coefficient (Wildman–Crippen LogP) is 2.57. The van der Waals surface area contributed by atoms with Gasteiger partial charge in [-0.15, -0.1) is 0 Å². The number of alkyl halides is 3. The predicted molar refractivity (Wildman–Crippen MR) is 64.1 cm³/mol. The molecule has 0 aromatic carbocycles. The highest BCUT2D eigenvalue weighted by molar-refractivity contribution is 5.06. The fourth-order valence-corrected chi connectivity index (χ4v) is 1.77. The molecule has 0 bridgehead atoms. The Hall–Kier alpha value is -1.55. The number of halogens is 3. The maximum atomic E-state index is 12.4. The summed E-state index contributed by atoms with van der Waals surface area (Å²) in [6, 6.07) is 3.19. The van der Waals surface area contributed by atoms with Gasteiger partial charge < -0.3 is 0 Å². The van der Waals surface area contributed by atoms with Crippen molar-refractivity contribution in [3.63, 3.8) is 0 Å². The van der Waals surface area contributed by atoms with Gasteiger partial charge in [0.25, 0.3) is 0 Å². The molecule has 19 heavy (non-hydrogen) atoms. The summed E-state index contributed by atoms with van der Waals surface area (Å²) in [4.78, 5) is 0. The van der Waals surface area contributed by atoms with E-state index in [4.69, 9.17) is 5.26 Å². The zero-order chi connectivity index (χ0) is 14.7. The van der Waals surface area contributed by atoms with Crippen molar-refractivity contribution in [3.05, 3.63) is 18.0 Å². The van der Waals surface area contributed by atoms with Gasteiger partial charge in [0.2, 0.25) is 0 Å². The van der Waals surface area contributed by atoms with E-state index in [0.29, 0.717) is 6.42 Å². The Morgan fingerprint density at radius 3 is 2.53 bits per heavy atom. The molecule has 4 nitrogen and oxygen atoms in total. The van der Waals surface area contributed by atoms with E-state index in [9.17, 15) is 13.2 Å². The lowest BCUT2D eigenvalue weighted by Crippen LogP contribution is -2.45. The highest BCUT2D eigenvalue weighted by atomic mass is 19.4. The van der Waals surface area contributed by atoms with Gasteiger partial charge in [-0.25, -0.2) is 0 Å². The van der Waals surface area contributed by atoms with Crippen LogP contribution >= 0.6 is 0 Å². The van der Waals surface area contributed by atoms with E-state index in [-0.39, 0.29) is 12.6 Å². The smallest absolute Gasteiger partial charge is 0.297 e. The maximum Gasteiger partial charge on any atom is 0.435 e. The Labute approximate surface area is 110 Å². The first kappa shape index (κ1) is 15.5. The second-order valence-electron chi connectivity index (χ2n) is 4.95. The minimum atomic E-state index is -4.43. The third-order valence-electron chi connectivity index (χ3n) is 2.63. The van der Waals surface area contributed by atoms with Crippen LogP contribution in [0.1, 0.15) is 32.9 Å². The van der Waals surface area contributed by atoms with Crippen LogP contribution in [0.15, 0.2) is 12.3 Å². The fraction of sp³-hybridized carbons (Fsp3) is 0.667. The Balaban J connectivity index is 2.66. The first-order valence-electron chi connectivity index (χ1n) is 5.96. The molecule has 0 saturated carbocycles. The monoisotopic (exact) mass is 274 g/mol. The number of nitriles is 1. The second kappa shape index (κ2) is 5.61. The molecule has 1 heterocycles. The van der Waals surface area contributed by atoms with Crippen LogP contribution in [0.3, 0.4) is 0 Å². The molecule has 1 atom stereocenters. The maximum absolute atomic E-state index is 12.4. The van der Waals surface area contributed by atoms with E-state index >= 15 is 0 Å². The number of nitrogens with one attached hydrogen (secondary N) is 1. The lowest BCUT2D eigenvalue weighted by Gasteiger charge is -2.25. The quantitative estimate of drug-likeness (QED) is 0.897. The van der Waals surface area contributed by atoms with Crippen molar-refractivity contribution in [2.45, 2.75) is 51.5 Å². The van der Waals surface area contributed by atoms with Gasteiger partial charge in [0, 0.05) is 18.8 Å². The summed E-state index contributed by atoms with van der Waals surface area (Å²) in [5.74, 6) is 0. The van der Waals surface area contributed by atoms with Crippen molar-refractivity contribution in [1.82, 2.24) is 15.1 Å². The van der Waals surface area contributed by atoms with Gasteiger partial charge in [0.15, 0.2) is 5.69 Å². The third kappa shape index (κ3) is 4.56. The molecule has 0 aliphatic heterocycles. The highest BCUT2D eigenvalue weighted by Crippen LogP contribution is 2.27. The van der Waals surface area contributed by atoms with Crippen molar-refractivity contribution >= 4 is 0 Å². The van der Waals surface area contributed by atoms with Gasteiger partial charge in [-0.1, -0.05) is 0 Å². The molecule has 0 spiro atoms. The van der Waals surface area contributed by atoms with Crippen LogP contribution in [-0.4, -0.2) is 21.4 Å². The highest BCUT2D eigenvalue weighted by Gasteiger charge is 2.33. The molecule has 1 aromatic rings. The van der Waals surface area contributed by atoms with Crippen LogP contribution in [0.4, 0.5) is 13.2 Å². The summed E-state index contributed by atoms with van der Waals surface area (Å²) in [6.07, 6.45) is -2.78. The van der Waals surface area contributed by atoms with Gasteiger partial charge in [0.1, 0.15) is 5.54 Å². The first-order chi connectivity index (χ1) is 8.66. The molecule has 0 aliphatic rings. The molecule has 0 saturated heterocycles. The normalized spacial score (nSPS) is 15.3. The number of aryl methyl sites for hydroxylation is 1. The minimum absolute atomic E-state index is 0.119. The zero-order valence-corrected chi connectivity index (χ0v) is 11.1. The van der Waals surface area contributed by atoms with E-state index in [1.54, 1.807) is 6.92 Å². The van der Waals surface area contributed by atoms with Gasteiger partial charge in [-0.3, -0.25) is 10.00 Å². The van der Waals surface area contributed by atoms with E-state index in [0.717, 1.165) is 6.07 Å². The minimum Gasteiger partial charge on any atom is -0.297 e. The standard InChI is InChI=1S/C12H17F3N4/c1-9(2)17-11(3,8-16)5-7-19-6-4-10(18-19)12(13,14)15/h4,6,9,17H,5,7H2,1-3H3. The number of hydrogen-bond acceptors (Lipinski definition) is 3. The number of nitrogens with zero attached hydrogens (tertiary/aromatic N) is 3. The largest absolute Gasteiger partial charge is 0.435 e. The number of rotatable bonds is 5. The van der Waals surface area contributed by atoms with Gasteiger partial charge in [-0.05, 0) is 33.3 Å². The van der Waals surface area contributed by atoms with Crippen LogP contribution < -0.4 is 5.32 Å². The summed E-state index contributed by atoms with van der Waals surface area (Å²) in [7, 11) is 0. The molecule has 0 amide bonds. The summed E-state index contributed by atoms with van der Waals surface area (Å²) in [6.45, 7) is 5.79. The molecule has 1 aromatic heterocycles. The summed E-state index contributed by atoms with van der Waals surface area (Å²) < 4.78 is 38.3. The molecule has 1 N–H and O–H groups in total. The van der Waals surface area contributed by atoms with Crippen molar-refractivity contribution in [1.29, 1.82) is 5.26 Å². The van der Waals surface area contributed by atoms with E-state index in [1.807, 2.05) is 13.8 Å². The molecule has 1 rings (SSSR count). The molecule has 0 fully saturated rings. The van der Waals surface area contributed by atoms with E-state index in [1.165, 1.54) is 10.9 Å². The molecule has 1 unspecified atom stereocenters. The summed E-state index contributed by atoms with van der Waals surface area (Å²) in [5, 5.41) is 15.7. The van der Waals surface area contributed by atoms with Crippen molar-refractivity contribution in [2.75, 3.05) is 0 Å². The Bertz CT molecular complexity index is 458. The molecule has 106 valence electrons. The second-order valence-corrected chi connectivity index (χ2v) is 4.95.